The maximum Gasteiger partial charge on any atom is 0.251 e. The number of rotatable bonds is 4. The van der Waals surface area contributed by atoms with Crippen molar-refractivity contribution in [3.63, 3.8) is 0 Å². The highest BCUT2D eigenvalue weighted by molar-refractivity contribution is 6.04. The van der Waals surface area contributed by atoms with Crippen LogP contribution in [0.4, 0.5) is 4.39 Å². The average molecular weight is 351 g/mol. The van der Waals surface area contributed by atoms with Gasteiger partial charge in [-0.1, -0.05) is 30.7 Å². The summed E-state index contributed by atoms with van der Waals surface area (Å²) in [7, 11) is 1.78. The van der Waals surface area contributed by atoms with Crippen LogP contribution in [0.5, 0.6) is 0 Å². The van der Waals surface area contributed by atoms with Gasteiger partial charge in [0, 0.05) is 30.9 Å². The molecule has 2 N–H and O–H groups in total. The average Bonchev–Trinajstić information content (AvgIpc) is 3.01. The quantitative estimate of drug-likeness (QED) is 0.637. The van der Waals surface area contributed by atoms with Crippen LogP contribution >= 0.6 is 0 Å². The predicted molar refractivity (Wildman–Crippen MR) is 102 cm³/mol. The Morgan fingerprint density at radius 3 is 2.77 bits per heavy atom. The first-order valence-corrected chi connectivity index (χ1v) is 8.60. The van der Waals surface area contributed by atoms with Crippen molar-refractivity contribution in [2.75, 3.05) is 7.05 Å². The second kappa shape index (κ2) is 7.12. The van der Waals surface area contributed by atoms with E-state index in [1.54, 1.807) is 18.0 Å². The van der Waals surface area contributed by atoms with Gasteiger partial charge in [-0.2, -0.15) is 0 Å². The molecular formula is C21H22FN3O. The van der Waals surface area contributed by atoms with Crippen LogP contribution in [-0.2, 0) is 6.54 Å². The van der Waals surface area contributed by atoms with Gasteiger partial charge >= 0.3 is 0 Å². The zero-order valence-corrected chi connectivity index (χ0v) is 15.2. The Hall–Kier alpha value is -2.95. The minimum atomic E-state index is -0.392. The van der Waals surface area contributed by atoms with E-state index in [4.69, 9.17) is 5.41 Å². The van der Waals surface area contributed by atoms with E-state index >= 15 is 0 Å². The molecule has 0 spiro atoms. The number of nitrogens with zero attached hydrogens (tertiary/aromatic N) is 1. The van der Waals surface area contributed by atoms with E-state index in [0.717, 1.165) is 28.7 Å². The highest BCUT2D eigenvalue weighted by Gasteiger charge is 2.21. The molecule has 5 heteroatoms. The molecule has 3 rings (SSSR count). The summed E-state index contributed by atoms with van der Waals surface area (Å²) in [4.78, 5) is 13.6. The molecule has 0 bridgehead atoms. The van der Waals surface area contributed by atoms with Crippen molar-refractivity contribution in [3.8, 4) is 11.1 Å². The number of hydrogen-bond donors (Lipinski definition) is 2. The number of halogens is 1. The van der Waals surface area contributed by atoms with Crippen LogP contribution in [0.15, 0.2) is 48.2 Å². The van der Waals surface area contributed by atoms with Gasteiger partial charge in [0.2, 0.25) is 0 Å². The van der Waals surface area contributed by atoms with E-state index in [1.807, 2.05) is 38.2 Å². The minimum Gasteiger partial charge on any atom is -0.348 e. The second-order valence-corrected chi connectivity index (χ2v) is 6.53. The summed E-state index contributed by atoms with van der Waals surface area (Å²) in [5.74, 6) is -0.284. The summed E-state index contributed by atoms with van der Waals surface area (Å²) in [6, 6.07) is 10.1. The Morgan fingerprint density at radius 2 is 2.04 bits per heavy atom. The van der Waals surface area contributed by atoms with Crippen LogP contribution in [0.2, 0.25) is 0 Å². The third kappa shape index (κ3) is 3.38. The molecule has 0 saturated heterocycles. The fourth-order valence-electron chi connectivity index (χ4n) is 3.02. The van der Waals surface area contributed by atoms with Crippen LogP contribution < -0.4 is 5.32 Å². The SMILES string of the molecule is CCC(C)=CN(C)C(=N)c1cc(F)ccc1-c1ccc2c(c1)C(=O)NC2. The number of amidine groups is 1. The van der Waals surface area contributed by atoms with E-state index in [-0.39, 0.29) is 11.7 Å². The lowest BCUT2D eigenvalue weighted by Crippen LogP contribution is -2.22. The van der Waals surface area contributed by atoms with Gasteiger partial charge in [0.05, 0.1) is 0 Å². The summed E-state index contributed by atoms with van der Waals surface area (Å²) in [6.07, 6.45) is 2.76. The van der Waals surface area contributed by atoms with Crippen molar-refractivity contribution in [3.05, 3.63) is 70.7 Å². The number of amides is 1. The maximum absolute atomic E-state index is 13.9. The third-order valence-electron chi connectivity index (χ3n) is 4.67. The van der Waals surface area contributed by atoms with Gasteiger partial charge in [0.1, 0.15) is 11.7 Å². The molecule has 0 aromatic heterocycles. The van der Waals surface area contributed by atoms with E-state index in [0.29, 0.717) is 17.7 Å². The lowest BCUT2D eigenvalue weighted by molar-refractivity contribution is 0.0966. The fraction of sp³-hybridized carbons (Fsp3) is 0.238. The molecule has 2 aromatic carbocycles. The van der Waals surface area contributed by atoms with Gasteiger partial charge in [-0.05, 0) is 48.2 Å². The zero-order chi connectivity index (χ0) is 18.8. The molecule has 1 aliphatic rings. The fourth-order valence-corrected chi connectivity index (χ4v) is 3.02. The molecule has 4 nitrogen and oxygen atoms in total. The van der Waals surface area contributed by atoms with E-state index in [1.165, 1.54) is 12.1 Å². The third-order valence-corrected chi connectivity index (χ3v) is 4.67. The number of carbonyl (C=O) groups excluding carboxylic acids is 1. The van der Waals surface area contributed by atoms with Crippen molar-refractivity contribution in [2.45, 2.75) is 26.8 Å². The Balaban J connectivity index is 2.06. The van der Waals surface area contributed by atoms with Gasteiger partial charge in [-0.25, -0.2) is 4.39 Å². The number of fused-ring (bicyclic) bond motifs is 1. The highest BCUT2D eigenvalue weighted by Crippen LogP contribution is 2.29. The maximum atomic E-state index is 13.9. The van der Waals surface area contributed by atoms with Crippen molar-refractivity contribution in [2.24, 2.45) is 0 Å². The molecule has 0 atom stereocenters. The summed E-state index contributed by atoms with van der Waals surface area (Å²) in [5, 5.41) is 11.3. The number of hydrogen-bond acceptors (Lipinski definition) is 2. The van der Waals surface area contributed by atoms with Crippen LogP contribution in [0.3, 0.4) is 0 Å². The normalized spacial score (nSPS) is 13.4. The Kier molecular flexibility index (Phi) is 4.89. The van der Waals surface area contributed by atoms with Crippen LogP contribution in [-0.4, -0.2) is 23.7 Å². The largest absolute Gasteiger partial charge is 0.348 e. The summed E-state index contributed by atoms with van der Waals surface area (Å²) < 4.78 is 13.9. The molecular weight excluding hydrogens is 329 g/mol. The number of allylic oxidation sites excluding steroid dienone is 1. The Bertz CT molecular complexity index is 917. The first-order valence-electron chi connectivity index (χ1n) is 8.60. The molecule has 134 valence electrons. The van der Waals surface area contributed by atoms with Crippen molar-refractivity contribution < 1.29 is 9.18 Å². The van der Waals surface area contributed by atoms with Crippen molar-refractivity contribution >= 4 is 11.7 Å². The monoisotopic (exact) mass is 351 g/mol. The van der Waals surface area contributed by atoms with Crippen molar-refractivity contribution in [1.29, 1.82) is 5.41 Å². The Labute approximate surface area is 152 Å². The number of benzene rings is 2. The van der Waals surface area contributed by atoms with Crippen LogP contribution in [0.25, 0.3) is 11.1 Å². The predicted octanol–water partition coefficient (Wildman–Crippen LogP) is 4.31. The molecule has 1 amide bonds. The van der Waals surface area contributed by atoms with Gasteiger partial charge < -0.3 is 10.2 Å². The van der Waals surface area contributed by atoms with E-state index < -0.39 is 5.82 Å². The number of nitrogens with one attached hydrogen (secondary N) is 2. The Morgan fingerprint density at radius 1 is 1.27 bits per heavy atom. The van der Waals surface area contributed by atoms with E-state index in [2.05, 4.69) is 5.32 Å². The first-order chi connectivity index (χ1) is 12.4. The molecule has 26 heavy (non-hydrogen) atoms. The first kappa shape index (κ1) is 17.9. The van der Waals surface area contributed by atoms with Gasteiger partial charge in [-0.15, -0.1) is 0 Å². The van der Waals surface area contributed by atoms with Crippen LogP contribution in [0, 0.1) is 11.2 Å². The summed E-state index contributed by atoms with van der Waals surface area (Å²) in [5.41, 5.74) is 4.74. The smallest absolute Gasteiger partial charge is 0.251 e. The molecule has 1 aliphatic heterocycles. The lowest BCUT2D eigenvalue weighted by Gasteiger charge is -2.20. The van der Waals surface area contributed by atoms with E-state index in [9.17, 15) is 9.18 Å². The van der Waals surface area contributed by atoms with Gasteiger partial charge in [-0.3, -0.25) is 10.2 Å². The standard InChI is InChI=1S/C21H22FN3O/c1-4-13(2)12-25(3)20(23)19-10-16(22)7-8-17(19)14-5-6-15-11-24-21(26)18(15)9-14/h5-10,12,23H,4,11H2,1-3H3,(H,24,26). The topological polar surface area (TPSA) is 56.2 Å². The second-order valence-electron chi connectivity index (χ2n) is 6.53. The molecule has 2 aromatic rings. The lowest BCUT2D eigenvalue weighted by atomic mass is 9.95. The van der Waals surface area contributed by atoms with Gasteiger partial charge in [0.25, 0.3) is 5.91 Å². The molecule has 0 aliphatic carbocycles. The number of carbonyl (C=O) groups is 1. The minimum absolute atomic E-state index is 0.0980. The molecule has 0 radical (unpaired) electrons. The summed E-state index contributed by atoms with van der Waals surface area (Å²) in [6.45, 7) is 4.58. The van der Waals surface area contributed by atoms with Crippen molar-refractivity contribution in [1.82, 2.24) is 10.2 Å². The molecule has 1 heterocycles. The highest BCUT2D eigenvalue weighted by atomic mass is 19.1. The molecule has 0 fully saturated rings. The van der Waals surface area contributed by atoms with Crippen LogP contribution in [0.1, 0.15) is 41.8 Å². The van der Waals surface area contributed by atoms with Gasteiger partial charge in [0.15, 0.2) is 0 Å². The summed E-state index contributed by atoms with van der Waals surface area (Å²) >= 11 is 0. The zero-order valence-electron chi connectivity index (χ0n) is 15.2. The molecule has 0 saturated carbocycles. The molecule has 0 unspecified atom stereocenters.